The van der Waals surface area contributed by atoms with Crippen molar-refractivity contribution in [2.75, 3.05) is 26.2 Å². The minimum Gasteiger partial charge on any atom is -0.195 e. The molecule has 0 bridgehead atoms. The SMILES string of the molecule is O=S(=O)(N1CCCC1)N1CCC(Cc2ccccc2)CC1. The van der Waals surface area contributed by atoms with Crippen molar-refractivity contribution in [1.29, 1.82) is 0 Å². The molecule has 0 saturated carbocycles. The summed E-state index contributed by atoms with van der Waals surface area (Å²) in [6.45, 7) is 2.76. The molecule has 0 N–H and O–H groups in total. The first kappa shape index (κ1) is 15.0. The highest BCUT2D eigenvalue weighted by molar-refractivity contribution is 7.86. The van der Waals surface area contributed by atoms with E-state index in [2.05, 4.69) is 24.3 Å². The number of hydrogen-bond acceptors (Lipinski definition) is 2. The van der Waals surface area contributed by atoms with Crippen LogP contribution >= 0.6 is 0 Å². The van der Waals surface area contributed by atoms with Crippen LogP contribution in [0, 0.1) is 5.92 Å². The van der Waals surface area contributed by atoms with E-state index in [1.54, 1.807) is 8.61 Å². The third-order valence-corrected chi connectivity index (χ3v) is 6.69. The molecule has 116 valence electrons. The molecule has 2 aliphatic heterocycles. The van der Waals surface area contributed by atoms with Crippen LogP contribution in [0.2, 0.25) is 0 Å². The van der Waals surface area contributed by atoms with Crippen molar-refractivity contribution < 1.29 is 8.42 Å². The molecule has 0 amide bonds. The summed E-state index contributed by atoms with van der Waals surface area (Å²) in [7, 11) is -3.19. The van der Waals surface area contributed by atoms with E-state index < -0.39 is 10.2 Å². The molecule has 1 aromatic carbocycles. The zero-order valence-electron chi connectivity index (χ0n) is 12.4. The van der Waals surface area contributed by atoms with Crippen LogP contribution in [0.25, 0.3) is 0 Å². The lowest BCUT2D eigenvalue weighted by Crippen LogP contribution is -2.46. The third kappa shape index (κ3) is 3.47. The van der Waals surface area contributed by atoms with Crippen molar-refractivity contribution in [3.05, 3.63) is 35.9 Å². The normalized spacial score (nSPS) is 22.7. The van der Waals surface area contributed by atoms with E-state index in [9.17, 15) is 8.42 Å². The monoisotopic (exact) mass is 308 g/mol. The van der Waals surface area contributed by atoms with Crippen LogP contribution in [-0.2, 0) is 16.6 Å². The number of piperidine rings is 1. The van der Waals surface area contributed by atoms with Gasteiger partial charge in [-0.05, 0) is 43.6 Å². The second-order valence-corrected chi connectivity index (χ2v) is 8.07. The fraction of sp³-hybridized carbons (Fsp3) is 0.625. The van der Waals surface area contributed by atoms with E-state index in [1.165, 1.54) is 5.56 Å². The van der Waals surface area contributed by atoms with Crippen LogP contribution in [-0.4, -0.2) is 43.2 Å². The van der Waals surface area contributed by atoms with E-state index in [1.807, 2.05) is 6.07 Å². The molecule has 0 atom stereocenters. The summed E-state index contributed by atoms with van der Waals surface area (Å²) in [6, 6.07) is 10.5. The molecule has 2 heterocycles. The molecule has 0 radical (unpaired) electrons. The Balaban J connectivity index is 1.55. The maximum Gasteiger partial charge on any atom is 0.281 e. The largest absolute Gasteiger partial charge is 0.281 e. The Labute approximate surface area is 127 Å². The van der Waals surface area contributed by atoms with E-state index in [-0.39, 0.29) is 0 Å². The predicted octanol–water partition coefficient (Wildman–Crippen LogP) is 2.28. The minimum absolute atomic E-state index is 0.609. The Kier molecular flexibility index (Phi) is 4.62. The lowest BCUT2D eigenvalue weighted by Gasteiger charge is -2.33. The van der Waals surface area contributed by atoms with Gasteiger partial charge in [-0.2, -0.15) is 17.0 Å². The molecule has 2 aliphatic rings. The van der Waals surface area contributed by atoms with Gasteiger partial charge in [0.05, 0.1) is 0 Å². The first-order valence-electron chi connectivity index (χ1n) is 7.95. The second kappa shape index (κ2) is 6.46. The Morgan fingerprint density at radius 1 is 0.905 bits per heavy atom. The molecule has 0 aliphatic carbocycles. The van der Waals surface area contributed by atoms with Gasteiger partial charge in [0.25, 0.3) is 10.2 Å². The van der Waals surface area contributed by atoms with Gasteiger partial charge in [0, 0.05) is 26.2 Å². The van der Waals surface area contributed by atoms with Gasteiger partial charge in [-0.25, -0.2) is 0 Å². The molecule has 2 saturated heterocycles. The Bertz CT molecular complexity index is 545. The summed E-state index contributed by atoms with van der Waals surface area (Å²) in [5.41, 5.74) is 1.36. The predicted molar refractivity (Wildman–Crippen MR) is 84.2 cm³/mol. The Morgan fingerprint density at radius 3 is 2.10 bits per heavy atom. The van der Waals surface area contributed by atoms with Crippen molar-refractivity contribution in [2.45, 2.75) is 32.1 Å². The molecule has 5 heteroatoms. The molecule has 4 nitrogen and oxygen atoms in total. The van der Waals surface area contributed by atoms with Gasteiger partial charge in [0.1, 0.15) is 0 Å². The van der Waals surface area contributed by atoms with Crippen LogP contribution in [0.15, 0.2) is 30.3 Å². The van der Waals surface area contributed by atoms with Gasteiger partial charge >= 0.3 is 0 Å². The van der Waals surface area contributed by atoms with Crippen LogP contribution in [0.3, 0.4) is 0 Å². The molecular weight excluding hydrogens is 284 g/mol. The van der Waals surface area contributed by atoms with E-state index in [4.69, 9.17) is 0 Å². The van der Waals surface area contributed by atoms with Gasteiger partial charge in [-0.3, -0.25) is 0 Å². The van der Waals surface area contributed by atoms with Crippen LogP contribution in [0.4, 0.5) is 0 Å². The standard InChI is InChI=1S/C16H24N2O2S/c19-21(20,17-10-4-5-11-17)18-12-8-16(9-13-18)14-15-6-2-1-3-7-15/h1-3,6-7,16H,4-5,8-14H2. The highest BCUT2D eigenvalue weighted by Crippen LogP contribution is 2.25. The molecule has 2 fully saturated rings. The van der Waals surface area contributed by atoms with Gasteiger partial charge in [0.15, 0.2) is 0 Å². The van der Waals surface area contributed by atoms with Crippen molar-refractivity contribution in [3.63, 3.8) is 0 Å². The lowest BCUT2D eigenvalue weighted by atomic mass is 9.91. The maximum absolute atomic E-state index is 12.5. The Hall–Kier alpha value is -0.910. The van der Waals surface area contributed by atoms with Gasteiger partial charge < -0.3 is 0 Å². The van der Waals surface area contributed by atoms with Crippen LogP contribution in [0.1, 0.15) is 31.2 Å². The van der Waals surface area contributed by atoms with Gasteiger partial charge in [-0.15, -0.1) is 0 Å². The lowest BCUT2D eigenvalue weighted by molar-refractivity contribution is 0.258. The summed E-state index contributed by atoms with van der Waals surface area (Å²) in [6.07, 6.45) is 5.02. The van der Waals surface area contributed by atoms with Crippen molar-refractivity contribution in [1.82, 2.24) is 8.61 Å². The van der Waals surface area contributed by atoms with Crippen LogP contribution < -0.4 is 0 Å². The number of rotatable bonds is 4. The summed E-state index contributed by atoms with van der Waals surface area (Å²) in [5.74, 6) is 0.609. The fourth-order valence-corrected chi connectivity index (χ4v) is 5.09. The summed E-state index contributed by atoms with van der Waals surface area (Å²) in [4.78, 5) is 0. The topological polar surface area (TPSA) is 40.6 Å². The number of hydrogen-bond donors (Lipinski definition) is 0. The maximum atomic E-state index is 12.5. The van der Waals surface area contributed by atoms with Crippen molar-refractivity contribution >= 4 is 10.2 Å². The Morgan fingerprint density at radius 2 is 1.48 bits per heavy atom. The van der Waals surface area contributed by atoms with Gasteiger partial charge in [0.2, 0.25) is 0 Å². The van der Waals surface area contributed by atoms with E-state index >= 15 is 0 Å². The molecule has 0 aromatic heterocycles. The zero-order valence-corrected chi connectivity index (χ0v) is 13.3. The number of nitrogens with zero attached hydrogens (tertiary/aromatic N) is 2. The molecule has 21 heavy (non-hydrogen) atoms. The smallest absolute Gasteiger partial charge is 0.195 e. The molecule has 0 spiro atoms. The second-order valence-electron chi connectivity index (χ2n) is 6.15. The molecule has 0 unspecified atom stereocenters. The highest BCUT2D eigenvalue weighted by atomic mass is 32.2. The average Bonchev–Trinajstić information content (AvgIpc) is 3.04. The highest BCUT2D eigenvalue weighted by Gasteiger charge is 2.34. The van der Waals surface area contributed by atoms with E-state index in [0.717, 1.165) is 32.1 Å². The summed E-state index contributed by atoms with van der Waals surface area (Å²) < 4.78 is 28.4. The third-order valence-electron chi connectivity index (χ3n) is 4.66. The fourth-order valence-electron chi connectivity index (χ4n) is 3.37. The first-order chi connectivity index (χ1) is 10.2. The molecular formula is C16H24N2O2S. The number of benzene rings is 1. The average molecular weight is 308 g/mol. The minimum atomic E-state index is -3.19. The first-order valence-corrected chi connectivity index (χ1v) is 9.35. The van der Waals surface area contributed by atoms with E-state index in [0.29, 0.717) is 32.1 Å². The quantitative estimate of drug-likeness (QED) is 0.856. The summed E-state index contributed by atoms with van der Waals surface area (Å²) >= 11 is 0. The van der Waals surface area contributed by atoms with Gasteiger partial charge in [-0.1, -0.05) is 30.3 Å². The molecule has 3 rings (SSSR count). The molecule has 1 aromatic rings. The van der Waals surface area contributed by atoms with Crippen LogP contribution in [0.5, 0.6) is 0 Å². The zero-order chi connectivity index (χ0) is 14.7. The van der Waals surface area contributed by atoms with Crippen molar-refractivity contribution in [3.8, 4) is 0 Å². The van der Waals surface area contributed by atoms with Crippen molar-refractivity contribution in [2.24, 2.45) is 5.92 Å². The summed E-state index contributed by atoms with van der Waals surface area (Å²) in [5, 5.41) is 0.